The van der Waals surface area contributed by atoms with Crippen LogP contribution in [0.25, 0.3) is 0 Å². The van der Waals surface area contributed by atoms with E-state index in [0.717, 1.165) is 21.8 Å². The molecule has 0 aliphatic heterocycles. The summed E-state index contributed by atoms with van der Waals surface area (Å²) >= 11 is 13.7. The van der Waals surface area contributed by atoms with Crippen molar-refractivity contribution < 1.29 is 0 Å². The molecule has 6 heteroatoms. The summed E-state index contributed by atoms with van der Waals surface area (Å²) in [5.41, 5.74) is 9.23. The van der Waals surface area contributed by atoms with Gasteiger partial charge in [-0.2, -0.15) is 0 Å². The van der Waals surface area contributed by atoms with Crippen molar-refractivity contribution in [2.24, 2.45) is 0 Å². The Labute approximate surface area is 126 Å². The van der Waals surface area contributed by atoms with Crippen LogP contribution in [-0.4, -0.2) is 9.97 Å². The maximum Gasteiger partial charge on any atom is 0.192 e. The van der Waals surface area contributed by atoms with Crippen molar-refractivity contribution in [1.29, 1.82) is 0 Å². The van der Waals surface area contributed by atoms with Crippen molar-refractivity contribution in [3.8, 4) is 0 Å². The van der Waals surface area contributed by atoms with Crippen LogP contribution in [0.5, 0.6) is 0 Å². The highest BCUT2D eigenvalue weighted by Crippen LogP contribution is 2.38. The first-order chi connectivity index (χ1) is 8.88. The maximum atomic E-state index is 6.15. The van der Waals surface area contributed by atoms with Gasteiger partial charge in [0.1, 0.15) is 0 Å². The number of nitrogens with two attached hydrogens (primary N) is 1. The molecule has 100 valence electrons. The zero-order chi connectivity index (χ0) is 14.2. The lowest BCUT2D eigenvalue weighted by Gasteiger charge is -2.09. The second-order valence-electron chi connectivity index (χ2n) is 4.22. The Morgan fingerprint density at radius 3 is 1.95 bits per heavy atom. The summed E-state index contributed by atoms with van der Waals surface area (Å²) in [6.07, 6.45) is 0. The number of nitrogen functional groups attached to an aromatic ring is 1. The van der Waals surface area contributed by atoms with Crippen LogP contribution in [-0.2, 0) is 0 Å². The molecule has 0 bridgehead atoms. The molecule has 0 radical (unpaired) electrons. The molecule has 2 aromatic rings. The molecule has 0 amide bonds. The van der Waals surface area contributed by atoms with Crippen molar-refractivity contribution in [3.63, 3.8) is 0 Å². The van der Waals surface area contributed by atoms with Gasteiger partial charge in [0.2, 0.25) is 0 Å². The van der Waals surface area contributed by atoms with Gasteiger partial charge in [0.15, 0.2) is 5.16 Å². The average molecular weight is 314 g/mol. The summed E-state index contributed by atoms with van der Waals surface area (Å²) in [6, 6.07) is 3.34. The minimum absolute atomic E-state index is 0.509. The molecule has 0 aliphatic carbocycles. The summed E-state index contributed by atoms with van der Waals surface area (Å²) < 4.78 is 0. The number of hydrogen-bond acceptors (Lipinski definition) is 4. The van der Waals surface area contributed by atoms with Gasteiger partial charge in [-0.15, -0.1) is 0 Å². The molecule has 0 aliphatic rings. The maximum absolute atomic E-state index is 6.15. The first-order valence-corrected chi connectivity index (χ1v) is 7.20. The molecule has 0 unspecified atom stereocenters. The molecule has 0 spiro atoms. The van der Waals surface area contributed by atoms with E-state index in [1.807, 2.05) is 20.8 Å². The Morgan fingerprint density at radius 1 is 1.00 bits per heavy atom. The average Bonchev–Trinajstić information content (AvgIpc) is 2.30. The molecule has 0 fully saturated rings. The number of nitrogens with zero attached hydrogens (tertiary/aromatic N) is 2. The highest BCUT2D eigenvalue weighted by Gasteiger charge is 2.12. The number of anilines is 1. The normalized spacial score (nSPS) is 10.8. The van der Waals surface area contributed by atoms with E-state index in [0.29, 0.717) is 20.9 Å². The fourth-order valence-corrected chi connectivity index (χ4v) is 3.15. The van der Waals surface area contributed by atoms with Crippen LogP contribution in [0.1, 0.15) is 17.0 Å². The minimum atomic E-state index is 0.509. The SMILES string of the molecule is Cc1nc(Sc2c(Cl)cc(N)cc2Cl)nc(C)c1C. The van der Waals surface area contributed by atoms with E-state index >= 15 is 0 Å². The predicted octanol–water partition coefficient (Wildman–Crippen LogP) is 4.44. The van der Waals surface area contributed by atoms with Crippen molar-refractivity contribution in [2.75, 3.05) is 5.73 Å². The Balaban J connectivity index is 2.42. The van der Waals surface area contributed by atoms with Crippen LogP contribution >= 0.6 is 35.0 Å². The van der Waals surface area contributed by atoms with Gasteiger partial charge in [0.25, 0.3) is 0 Å². The number of aromatic nitrogens is 2. The van der Waals surface area contributed by atoms with Crippen LogP contribution < -0.4 is 5.73 Å². The highest BCUT2D eigenvalue weighted by molar-refractivity contribution is 7.99. The molecule has 0 saturated carbocycles. The van der Waals surface area contributed by atoms with Crippen molar-refractivity contribution in [3.05, 3.63) is 39.1 Å². The number of hydrogen-bond donors (Lipinski definition) is 1. The quantitative estimate of drug-likeness (QED) is 0.657. The minimum Gasteiger partial charge on any atom is -0.399 e. The monoisotopic (exact) mass is 313 g/mol. The van der Waals surface area contributed by atoms with E-state index in [2.05, 4.69) is 9.97 Å². The Morgan fingerprint density at radius 2 is 1.47 bits per heavy atom. The molecule has 19 heavy (non-hydrogen) atoms. The predicted molar refractivity (Wildman–Crippen MR) is 81.2 cm³/mol. The van der Waals surface area contributed by atoms with Gasteiger partial charge in [-0.25, -0.2) is 9.97 Å². The second-order valence-corrected chi connectivity index (χ2v) is 6.01. The fraction of sp³-hybridized carbons (Fsp3) is 0.231. The standard InChI is InChI=1S/C13H13Cl2N3S/c1-6-7(2)17-13(18-8(6)3)19-12-10(14)4-9(16)5-11(12)15/h4-5H,16H2,1-3H3. The van der Waals surface area contributed by atoms with Crippen molar-refractivity contribution in [1.82, 2.24) is 9.97 Å². The number of aryl methyl sites for hydroxylation is 2. The molecule has 0 saturated heterocycles. The number of benzene rings is 1. The van der Waals surface area contributed by atoms with Crippen LogP contribution in [0.4, 0.5) is 5.69 Å². The molecular formula is C13H13Cl2N3S. The lowest BCUT2D eigenvalue weighted by molar-refractivity contribution is 0.881. The lowest BCUT2D eigenvalue weighted by Crippen LogP contribution is -1.98. The van der Waals surface area contributed by atoms with Crippen molar-refractivity contribution in [2.45, 2.75) is 30.8 Å². The van der Waals surface area contributed by atoms with E-state index in [1.54, 1.807) is 12.1 Å². The van der Waals surface area contributed by atoms with Crippen LogP contribution in [0.3, 0.4) is 0 Å². The van der Waals surface area contributed by atoms with Gasteiger partial charge in [-0.05, 0) is 50.2 Å². The Hall–Kier alpha value is -0.970. The molecule has 2 N–H and O–H groups in total. The third-order valence-corrected chi connectivity index (χ3v) is 4.66. The molecule has 1 heterocycles. The van der Waals surface area contributed by atoms with E-state index in [1.165, 1.54) is 11.8 Å². The topological polar surface area (TPSA) is 51.8 Å². The van der Waals surface area contributed by atoms with Gasteiger partial charge < -0.3 is 5.73 Å². The van der Waals surface area contributed by atoms with Crippen LogP contribution in [0.15, 0.2) is 22.2 Å². The van der Waals surface area contributed by atoms with E-state index < -0.39 is 0 Å². The highest BCUT2D eigenvalue weighted by atomic mass is 35.5. The fourth-order valence-electron chi connectivity index (χ4n) is 1.56. The lowest BCUT2D eigenvalue weighted by atomic mass is 10.2. The summed E-state index contributed by atoms with van der Waals surface area (Å²) in [7, 11) is 0. The Bertz CT molecular complexity index is 598. The van der Waals surface area contributed by atoms with Gasteiger partial charge in [0.05, 0.1) is 14.9 Å². The molecular weight excluding hydrogens is 301 g/mol. The summed E-state index contributed by atoms with van der Waals surface area (Å²) in [5, 5.41) is 1.65. The zero-order valence-electron chi connectivity index (χ0n) is 10.8. The first-order valence-electron chi connectivity index (χ1n) is 5.62. The molecule has 1 aromatic heterocycles. The van der Waals surface area contributed by atoms with E-state index in [-0.39, 0.29) is 0 Å². The third kappa shape index (κ3) is 3.14. The van der Waals surface area contributed by atoms with E-state index in [4.69, 9.17) is 28.9 Å². The molecule has 2 rings (SSSR count). The molecule has 0 atom stereocenters. The van der Waals surface area contributed by atoms with Crippen LogP contribution in [0, 0.1) is 20.8 Å². The zero-order valence-corrected chi connectivity index (χ0v) is 13.1. The summed E-state index contributed by atoms with van der Waals surface area (Å²) in [4.78, 5) is 9.60. The number of rotatable bonds is 2. The first kappa shape index (κ1) is 14.4. The number of halogens is 2. The summed E-state index contributed by atoms with van der Waals surface area (Å²) in [5.74, 6) is 0. The third-order valence-electron chi connectivity index (χ3n) is 2.83. The van der Waals surface area contributed by atoms with Crippen molar-refractivity contribution >= 4 is 40.7 Å². The Kier molecular flexibility index (Phi) is 4.23. The van der Waals surface area contributed by atoms with Gasteiger partial charge in [-0.1, -0.05) is 23.2 Å². The van der Waals surface area contributed by atoms with E-state index in [9.17, 15) is 0 Å². The molecule has 3 nitrogen and oxygen atoms in total. The van der Waals surface area contributed by atoms with Gasteiger partial charge >= 0.3 is 0 Å². The summed E-state index contributed by atoms with van der Waals surface area (Å²) in [6.45, 7) is 5.92. The second kappa shape index (κ2) is 5.57. The van der Waals surface area contributed by atoms with Crippen LogP contribution in [0.2, 0.25) is 10.0 Å². The largest absolute Gasteiger partial charge is 0.399 e. The molecule has 1 aromatic carbocycles. The smallest absolute Gasteiger partial charge is 0.192 e. The van der Waals surface area contributed by atoms with Gasteiger partial charge in [0, 0.05) is 17.1 Å². The van der Waals surface area contributed by atoms with Gasteiger partial charge in [-0.3, -0.25) is 0 Å².